The smallest absolute Gasteiger partial charge is 0.263 e. The second kappa shape index (κ2) is 7.29. The molecule has 0 atom stereocenters. The van der Waals surface area contributed by atoms with Crippen molar-refractivity contribution in [2.24, 2.45) is 0 Å². The molecule has 6 nitrogen and oxygen atoms in total. The van der Waals surface area contributed by atoms with Gasteiger partial charge in [-0.2, -0.15) is 0 Å². The molecule has 0 saturated carbocycles. The van der Waals surface area contributed by atoms with E-state index in [9.17, 15) is 8.42 Å². The number of nitrogens with one attached hydrogen (secondary N) is 1. The van der Waals surface area contributed by atoms with Crippen molar-refractivity contribution in [2.75, 3.05) is 11.3 Å². The van der Waals surface area contributed by atoms with E-state index >= 15 is 0 Å². The van der Waals surface area contributed by atoms with Crippen LogP contribution in [-0.2, 0) is 10.0 Å². The topological polar surface area (TPSA) is 81.2 Å². The van der Waals surface area contributed by atoms with Crippen LogP contribution in [0.15, 0.2) is 47.4 Å². The lowest BCUT2D eigenvalue weighted by Gasteiger charge is -2.13. The summed E-state index contributed by atoms with van der Waals surface area (Å²) in [5, 5.41) is 0. The minimum absolute atomic E-state index is 0.0929. The molecule has 1 heterocycles. The second-order valence-corrected chi connectivity index (χ2v) is 7.75. The van der Waals surface area contributed by atoms with Crippen molar-refractivity contribution in [1.82, 2.24) is 9.97 Å². The molecule has 136 valence electrons. The zero-order valence-corrected chi connectivity index (χ0v) is 15.8. The Morgan fingerprint density at radius 3 is 2.35 bits per heavy atom. The molecule has 7 heteroatoms. The van der Waals surface area contributed by atoms with Crippen molar-refractivity contribution in [1.29, 1.82) is 0 Å². The Morgan fingerprint density at radius 2 is 1.69 bits per heavy atom. The Bertz CT molecular complexity index is 1050. The fourth-order valence-electron chi connectivity index (χ4n) is 2.42. The van der Waals surface area contributed by atoms with Gasteiger partial charge in [0, 0.05) is 0 Å². The molecular formula is C19H21N3O3S. The van der Waals surface area contributed by atoms with Crippen LogP contribution in [0.3, 0.4) is 0 Å². The van der Waals surface area contributed by atoms with E-state index in [1.807, 2.05) is 39.0 Å². The summed E-state index contributed by atoms with van der Waals surface area (Å²) in [6.45, 7) is 6.20. The number of fused-ring (bicyclic) bond motifs is 1. The van der Waals surface area contributed by atoms with Gasteiger partial charge in [-0.3, -0.25) is 4.72 Å². The van der Waals surface area contributed by atoms with Crippen molar-refractivity contribution in [2.45, 2.75) is 32.1 Å². The Hall–Kier alpha value is -2.67. The maximum absolute atomic E-state index is 12.8. The van der Waals surface area contributed by atoms with E-state index in [2.05, 4.69) is 14.7 Å². The number of aryl methyl sites for hydroxylation is 2. The molecule has 26 heavy (non-hydrogen) atoms. The predicted molar refractivity (Wildman–Crippen MR) is 102 cm³/mol. The van der Waals surface area contributed by atoms with Crippen molar-refractivity contribution < 1.29 is 13.2 Å². The zero-order chi connectivity index (χ0) is 18.7. The molecule has 3 rings (SSSR count). The van der Waals surface area contributed by atoms with Crippen molar-refractivity contribution in [3.8, 4) is 5.88 Å². The van der Waals surface area contributed by atoms with E-state index in [0.29, 0.717) is 17.6 Å². The first-order chi connectivity index (χ1) is 12.4. The van der Waals surface area contributed by atoms with Gasteiger partial charge < -0.3 is 4.74 Å². The number of anilines is 1. The van der Waals surface area contributed by atoms with Crippen molar-refractivity contribution in [3.63, 3.8) is 0 Å². The van der Waals surface area contributed by atoms with Gasteiger partial charge >= 0.3 is 0 Å². The van der Waals surface area contributed by atoms with Gasteiger partial charge in [0.2, 0.25) is 5.82 Å². The highest BCUT2D eigenvalue weighted by atomic mass is 32.2. The zero-order valence-electron chi connectivity index (χ0n) is 15.0. The molecule has 0 aliphatic carbocycles. The molecule has 0 unspecified atom stereocenters. The average Bonchev–Trinajstić information content (AvgIpc) is 2.61. The third-order valence-electron chi connectivity index (χ3n) is 4.00. The Morgan fingerprint density at radius 1 is 1.00 bits per heavy atom. The summed E-state index contributed by atoms with van der Waals surface area (Å²) < 4.78 is 33.7. The van der Waals surface area contributed by atoms with E-state index in [1.165, 1.54) is 0 Å². The molecule has 2 aromatic carbocycles. The lowest BCUT2D eigenvalue weighted by Crippen LogP contribution is -2.16. The van der Waals surface area contributed by atoms with Crippen LogP contribution in [0.2, 0.25) is 0 Å². The highest BCUT2D eigenvalue weighted by Gasteiger charge is 2.20. The molecule has 3 aromatic rings. The monoisotopic (exact) mass is 371 g/mol. The van der Waals surface area contributed by atoms with E-state index in [0.717, 1.165) is 17.5 Å². The molecule has 1 aromatic heterocycles. The van der Waals surface area contributed by atoms with E-state index in [4.69, 9.17) is 4.74 Å². The fraction of sp³-hybridized carbons (Fsp3) is 0.263. The standard InChI is InChI=1S/C19H21N3O3S/c1-4-11-25-19-18(20-16-7-5-6-8-17(16)21-19)22-26(23,24)15-10-9-13(2)14(3)12-15/h5-10,12H,4,11H2,1-3H3,(H,20,22). The van der Waals surface area contributed by atoms with Gasteiger partial charge in [-0.1, -0.05) is 25.1 Å². The minimum atomic E-state index is -3.80. The average molecular weight is 371 g/mol. The quantitative estimate of drug-likeness (QED) is 0.712. The SMILES string of the molecule is CCCOc1nc2ccccc2nc1NS(=O)(=O)c1ccc(C)c(C)c1. The summed E-state index contributed by atoms with van der Waals surface area (Å²) in [6, 6.07) is 12.3. The number of sulfonamides is 1. The summed E-state index contributed by atoms with van der Waals surface area (Å²) in [5.41, 5.74) is 3.17. The largest absolute Gasteiger partial charge is 0.475 e. The summed E-state index contributed by atoms with van der Waals surface area (Å²) >= 11 is 0. The van der Waals surface area contributed by atoms with E-state index in [-0.39, 0.29) is 16.6 Å². The molecule has 0 bridgehead atoms. The maximum atomic E-state index is 12.8. The van der Waals surface area contributed by atoms with Crippen LogP contribution < -0.4 is 9.46 Å². The fourth-order valence-corrected chi connectivity index (χ4v) is 3.50. The lowest BCUT2D eigenvalue weighted by atomic mass is 10.1. The Kier molecular flexibility index (Phi) is 5.08. The van der Waals surface area contributed by atoms with Crippen LogP contribution in [0.1, 0.15) is 24.5 Å². The molecule has 1 N–H and O–H groups in total. The van der Waals surface area contributed by atoms with Crippen LogP contribution in [0, 0.1) is 13.8 Å². The summed E-state index contributed by atoms with van der Waals surface area (Å²) in [6.07, 6.45) is 0.776. The summed E-state index contributed by atoms with van der Waals surface area (Å²) in [7, 11) is -3.80. The van der Waals surface area contributed by atoms with Gasteiger partial charge in [-0.05, 0) is 55.7 Å². The molecule has 0 fully saturated rings. The molecule has 0 aliphatic heterocycles. The molecule has 0 saturated heterocycles. The number of hydrogen-bond donors (Lipinski definition) is 1. The predicted octanol–water partition coefficient (Wildman–Crippen LogP) is 3.84. The number of aromatic nitrogens is 2. The molecular weight excluding hydrogens is 350 g/mol. The number of para-hydroxylation sites is 2. The maximum Gasteiger partial charge on any atom is 0.263 e. The summed E-state index contributed by atoms with van der Waals surface area (Å²) in [5.74, 6) is 0.272. The highest BCUT2D eigenvalue weighted by Crippen LogP contribution is 2.26. The van der Waals surface area contributed by atoms with Gasteiger partial charge in [0.25, 0.3) is 15.9 Å². The van der Waals surface area contributed by atoms with Gasteiger partial charge in [-0.15, -0.1) is 0 Å². The highest BCUT2D eigenvalue weighted by molar-refractivity contribution is 7.92. The molecule has 0 radical (unpaired) electrons. The first-order valence-corrected chi connectivity index (χ1v) is 9.88. The van der Waals surface area contributed by atoms with Crippen LogP contribution >= 0.6 is 0 Å². The third kappa shape index (κ3) is 3.77. The van der Waals surface area contributed by atoms with Gasteiger partial charge in [-0.25, -0.2) is 18.4 Å². The van der Waals surface area contributed by atoms with Gasteiger partial charge in [0.15, 0.2) is 0 Å². The number of rotatable bonds is 6. The number of benzene rings is 2. The molecule has 0 aliphatic rings. The number of ether oxygens (including phenoxy) is 1. The van der Waals surface area contributed by atoms with Crippen LogP contribution in [0.25, 0.3) is 11.0 Å². The third-order valence-corrected chi connectivity index (χ3v) is 5.34. The second-order valence-electron chi connectivity index (χ2n) is 6.07. The Balaban J connectivity index is 2.03. The summed E-state index contributed by atoms with van der Waals surface area (Å²) in [4.78, 5) is 8.99. The van der Waals surface area contributed by atoms with Gasteiger partial charge in [0.1, 0.15) is 0 Å². The first-order valence-electron chi connectivity index (χ1n) is 8.40. The Labute approximate surface area is 153 Å². The normalized spacial score (nSPS) is 11.5. The van der Waals surface area contributed by atoms with Gasteiger partial charge in [0.05, 0.1) is 22.5 Å². The molecule has 0 spiro atoms. The van der Waals surface area contributed by atoms with Crippen LogP contribution in [0.4, 0.5) is 5.82 Å². The van der Waals surface area contributed by atoms with E-state index in [1.54, 1.807) is 24.3 Å². The van der Waals surface area contributed by atoms with Crippen molar-refractivity contribution in [3.05, 3.63) is 53.6 Å². The first kappa shape index (κ1) is 18.1. The minimum Gasteiger partial charge on any atom is -0.475 e. The van der Waals surface area contributed by atoms with Crippen LogP contribution in [-0.4, -0.2) is 25.0 Å². The van der Waals surface area contributed by atoms with Crippen molar-refractivity contribution >= 4 is 26.9 Å². The number of nitrogens with zero attached hydrogens (tertiary/aromatic N) is 2. The molecule has 0 amide bonds. The van der Waals surface area contributed by atoms with E-state index < -0.39 is 10.0 Å². The van der Waals surface area contributed by atoms with Crippen LogP contribution in [0.5, 0.6) is 5.88 Å². The number of hydrogen-bond acceptors (Lipinski definition) is 5. The lowest BCUT2D eigenvalue weighted by molar-refractivity contribution is 0.307.